The molecule has 1 aliphatic heterocycles. The van der Waals surface area contributed by atoms with Crippen molar-refractivity contribution in [1.29, 1.82) is 0 Å². The highest BCUT2D eigenvalue weighted by molar-refractivity contribution is 5.57. The van der Waals surface area contributed by atoms with Crippen molar-refractivity contribution in [3.8, 4) is 11.5 Å². The summed E-state index contributed by atoms with van der Waals surface area (Å²) in [6.07, 6.45) is 8.14. The van der Waals surface area contributed by atoms with Gasteiger partial charge in [-0.25, -0.2) is 0 Å². The zero-order valence-corrected chi connectivity index (χ0v) is 16.5. The zero-order chi connectivity index (χ0) is 19.2. The zero-order valence-electron chi connectivity index (χ0n) is 16.5. The minimum absolute atomic E-state index is 0.0350. The maximum absolute atomic E-state index is 13.0. The molecule has 3 aliphatic rings. The number of unbranched alkanes of at least 4 members (excludes halogenated alkanes) is 1. The Morgan fingerprint density at radius 3 is 2.74 bits per heavy atom. The van der Waals surface area contributed by atoms with E-state index in [1.807, 2.05) is 13.0 Å². The number of fused-ring (bicyclic) bond motifs is 4. The molecular weight excluding hydrogens is 345 g/mol. The van der Waals surface area contributed by atoms with Crippen LogP contribution in [0.3, 0.4) is 0 Å². The number of hydrogen-bond acceptors (Lipinski definition) is 4. The molecule has 2 N–H and O–H groups in total. The van der Waals surface area contributed by atoms with Gasteiger partial charge in [0.25, 0.3) is 0 Å². The number of likely N-dealkylation sites (tertiary alicyclic amines) is 1. The average molecular weight is 378 g/mol. The van der Waals surface area contributed by atoms with E-state index in [1.54, 1.807) is 0 Å². The second-order valence-electron chi connectivity index (χ2n) is 9.12. The van der Waals surface area contributed by atoms with Gasteiger partial charge in [-0.3, -0.25) is 9.84 Å². The summed E-state index contributed by atoms with van der Waals surface area (Å²) in [4.78, 5) is 6.40. The quantitative estimate of drug-likeness (QED) is 0.778. The van der Waals surface area contributed by atoms with Crippen LogP contribution in [0.5, 0.6) is 11.5 Å². The third kappa shape index (κ3) is 2.77. The summed E-state index contributed by atoms with van der Waals surface area (Å²) in [5, 5.41) is 22.7. The average Bonchev–Trinajstić information content (AvgIpc) is 2.59. The number of hydrogen-bond donors (Lipinski definition) is 2. The van der Waals surface area contributed by atoms with Crippen molar-refractivity contribution in [2.24, 2.45) is 5.92 Å². The fraction of sp³-hybridized carbons (Fsp3) is 0.727. The number of nitrogens with zero attached hydrogens (tertiary/aromatic N) is 1. The SMILES string of the molecule is CCCCC12CCN(CC3CCC3)C(Cc3ccc(OF)c(O)c31)C2(C)O. The van der Waals surface area contributed by atoms with Gasteiger partial charge in [0.05, 0.1) is 5.60 Å². The Kier molecular flexibility index (Phi) is 4.88. The van der Waals surface area contributed by atoms with E-state index < -0.39 is 11.0 Å². The van der Waals surface area contributed by atoms with Crippen molar-refractivity contribution in [2.45, 2.75) is 82.3 Å². The van der Waals surface area contributed by atoms with E-state index >= 15 is 0 Å². The van der Waals surface area contributed by atoms with Crippen LogP contribution in [0.2, 0.25) is 0 Å². The lowest BCUT2D eigenvalue weighted by Gasteiger charge is -2.61. The number of halogens is 1. The molecule has 0 radical (unpaired) electrons. The summed E-state index contributed by atoms with van der Waals surface area (Å²) in [6.45, 7) is 6.04. The molecule has 1 saturated heterocycles. The Morgan fingerprint density at radius 1 is 1.33 bits per heavy atom. The molecule has 3 atom stereocenters. The van der Waals surface area contributed by atoms with Gasteiger partial charge in [-0.15, -0.1) is 0 Å². The smallest absolute Gasteiger partial charge is 0.213 e. The van der Waals surface area contributed by atoms with Crippen molar-refractivity contribution in [3.63, 3.8) is 0 Å². The Labute approximate surface area is 161 Å². The lowest BCUT2D eigenvalue weighted by Crippen LogP contribution is -2.70. The van der Waals surface area contributed by atoms with Crippen LogP contribution >= 0.6 is 0 Å². The van der Waals surface area contributed by atoms with Crippen molar-refractivity contribution >= 4 is 0 Å². The van der Waals surface area contributed by atoms with E-state index in [0.717, 1.165) is 55.8 Å². The lowest BCUT2D eigenvalue weighted by molar-refractivity contribution is -0.142. The van der Waals surface area contributed by atoms with E-state index in [1.165, 1.54) is 25.3 Å². The predicted molar refractivity (Wildman–Crippen MR) is 103 cm³/mol. The maximum Gasteiger partial charge on any atom is 0.213 e. The number of rotatable bonds is 6. The molecule has 2 bridgehead atoms. The minimum Gasteiger partial charge on any atom is -0.504 e. The molecule has 4 nitrogen and oxygen atoms in total. The highest BCUT2D eigenvalue weighted by atomic mass is 19.3. The van der Waals surface area contributed by atoms with Gasteiger partial charge in [-0.05, 0) is 63.1 Å². The van der Waals surface area contributed by atoms with Crippen molar-refractivity contribution in [3.05, 3.63) is 23.3 Å². The Hall–Kier alpha value is -1.33. The third-order valence-electron chi connectivity index (χ3n) is 7.76. The standard InChI is InChI=1S/C22H32FNO3/c1-3-4-10-22-11-12-24(14-15-6-5-7-15)18(21(22,2)26)13-16-8-9-17(27-23)20(25)19(16)22/h8-9,15,18,25-26H,3-7,10-14H2,1-2H3. The highest BCUT2D eigenvalue weighted by Crippen LogP contribution is 2.58. The van der Waals surface area contributed by atoms with Gasteiger partial charge in [-0.1, -0.05) is 32.3 Å². The Bertz CT molecular complexity index is 703. The molecular formula is C22H32FNO3. The highest BCUT2D eigenvalue weighted by Gasteiger charge is 2.61. The van der Waals surface area contributed by atoms with Gasteiger partial charge < -0.3 is 10.2 Å². The molecule has 5 heteroatoms. The Balaban J connectivity index is 1.79. The molecule has 150 valence electrons. The first kappa shape index (κ1) is 19.0. The number of benzene rings is 1. The summed E-state index contributed by atoms with van der Waals surface area (Å²) in [5.74, 6) is 0.481. The Morgan fingerprint density at radius 2 is 2.11 bits per heavy atom. The minimum atomic E-state index is -0.969. The van der Waals surface area contributed by atoms with Gasteiger partial charge in [0.15, 0.2) is 5.75 Å². The van der Waals surface area contributed by atoms with Gasteiger partial charge in [0.1, 0.15) is 0 Å². The molecule has 1 aromatic rings. The second kappa shape index (κ2) is 6.93. The van der Waals surface area contributed by atoms with E-state index in [4.69, 9.17) is 0 Å². The number of aliphatic hydroxyl groups is 1. The predicted octanol–water partition coefficient (Wildman–Crippen LogP) is 4.27. The van der Waals surface area contributed by atoms with Crippen LogP contribution in [0.4, 0.5) is 4.53 Å². The van der Waals surface area contributed by atoms with Crippen LogP contribution in [0.15, 0.2) is 12.1 Å². The fourth-order valence-corrected chi connectivity index (χ4v) is 5.92. The molecule has 4 rings (SSSR count). The van der Waals surface area contributed by atoms with Crippen molar-refractivity contribution < 1.29 is 19.7 Å². The van der Waals surface area contributed by atoms with Crippen LogP contribution in [0.25, 0.3) is 0 Å². The number of aromatic hydroxyl groups is 1. The van der Waals surface area contributed by atoms with Crippen LogP contribution in [-0.2, 0) is 11.8 Å². The number of phenols is 1. The normalized spacial score (nSPS) is 33.4. The topological polar surface area (TPSA) is 52.9 Å². The molecule has 1 aromatic carbocycles. The molecule has 2 aliphatic carbocycles. The van der Waals surface area contributed by atoms with Gasteiger partial charge in [0.2, 0.25) is 5.75 Å². The van der Waals surface area contributed by atoms with E-state index in [0.29, 0.717) is 6.42 Å². The van der Waals surface area contributed by atoms with Crippen LogP contribution < -0.4 is 4.94 Å². The third-order valence-corrected chi connectivity index (χ3v) is 7.76. The molecule has 0 aromatic heterocycles. The van der Waals surface area contributed by atoms with Crippen molar-refractivity contribution in [1.82, 2.24) is 4.90 Å². The molecule has 0 amide bonds. The first-order valence-corrected chi connectivity index (χ1v) is 10.5. The fourth-order valence-electron chi connectivity index (χ4n) is 5.92. The van der Waals surface area contributed by atoms with E-state index in [-0.39, 0.29) is 17.5 Å². The molecule has 2 fully saturated rings. The second-order valence-corrected chi connectivity index (χ2v) is 9.12. The maximum atomic E-state index is 13.0. The summed E-state index contributed by atoms with van der Waals surface area (Å²) < 4.78 is 13.0. The largest absolute Gasteiger partial charge is 0.504 e. The van der Waals surface area contributed by atoms with Gasteiger partial charge in [-0.2, -0.15) is 0 Å². The summed E-state index contributed by atoms with van der Waals surface area (Å²) in [7, 11) is 0. The molecule has 3 unspecified atom stereocenters. The van der Waals surface area contributed by atoms with Crippen LogP contribution in [0.1, 0.15) is 69.9 Å². The van der Waals surface area contributed by atoms with Crippen molar-refractivity contribution in [2.75, 3.05) is 13.1 Å². The number of piperidine rings is 1. The summed E-state index contributed by atoms with van der Waals surface area (Å²) >= 11 is 0. The van der Waals surface area contributed by atoms with Crippen LogP contribution in [-0.4, -0.2) is 39.8 Å². The van der Waals surface area contributed by atoms with Gasteiger partial charge in [0, 0.05) is 28.1 Å². The molecule has 27 heavy (non-hydrogen) atoms. The monoisotopic (exact) mass is 377 g/mol. The number of phenolic OH excluding ortho intramolecular Hbond substituents is 1. The molecule has 0 spiro atoms. The van der Waals surface area contributed by atoms with Crippen LogP contribution in [0, 0.1) is 5.92 Å². The molecule has 1 saturated carbocycles. The van der Waals surface area contributed by atoms with Gasteiger partial charge >= 0.3 is 0 Å². The molecule has 1 heterocycles. The summed E-state index contributed by atoms with van der Waals surface area (Å²) in [6, 6.07) is 3.42. The first-order chi connectivity index (χ1) is 12.9. The van der Waals surface area contributed by atoms with E-state index in [9.17, 15) is 14.7 Å². The summed E-state index contributed by atoms with van der Waals surface area (Å²) in [5.41, 5.74) is 0.217. The lowest BCUT2D eigenvalue weighted by atomic mass is 9.53. The van der Waals surface area contributed by atoms with E-state index in [2.05, 4.69) is 16.8 Å². The first-order valence-electron chi connectivity index (χ1n) is 10.5.